The van der Waals surface area contributed by atoms with Gasteiger partial charge >= 0.3 is 0 Å². The van der Waals surface area contributed by atoms with Crippen molar-refractivity contribution in [3.05, 3.63) is 37.5 Å². The zero-order chi connectivity index (χ0) is 13.3. The van der Waals surface area contributed by atoms with Gasteiger partial charge in [-0.1, -0.05) is 24.3 Å². The smallest absolute Gasteiger partial charge is 0.0771 e. The number of allylic oxidation sites excluding steroid dienone is 2. The van der Waals surface area contributed by atoms with Crippen molar-refractivity contribution < 1.29 is 10.2 Å². The Kier molecular flexibility index (Phi) is 3.52. The second kappa shape index (κ2) is 4.67. The molecule has 0 aromatic rings. The van der Waals surface area contributed by atoms with Gasteiger partial charge in [0.2, 0.25) is 0 Å². The quantitative estimate of drug-likeness (QED) is 0.750. The summed E-state index contributed by atoms with van der Waals surface area (Å²) >= 11 is 0. The van der Waals surface area contributed by atoms with Crippen molar-refractivity contribution in [2.24, 2.45) is 5.41 Å². The summed E-state index contributed by atoms with van der Waals surface area (Å²) in [6.07, 6.45) is 12.7. The van der Waals surface area contributed by atoms with E-state index in [0.717, 1.165) is 32.1 Å². The first-order valence-corrected chi connectivity index (χ1v) is 6.85. The molecule has 0 heterocycles. The third-order valence-electron chi connectivity index (χ3n) is 5.03. The average molecular weight is 248 g/mol. The van der Waals surface area contributed by atoms with Crippen LogP contribution in [-0.4, -0.2) is 21.4 Å². The summed E-state index contributed by atoms with van der Waals surface area (Å²) in [5, 5.41) is 22.2. The molecule has 100 valence electrons. The minimum atomic E-state index is -0.839. The van der Waals surface area contributed by atoms with Gasteiger partial charge in [-0.05, 0) is 44.9 Å². The fourth-order valence-corrected chi connectivity index (χ4v) is 4.07. The van der Waals surface area contributed by atoms with Crippen LogP contribution in [0.4, 0.5) is 0 Å². The van der Waals surface area contributed by atoms with Crippen molar-refractivity contribution in [2.45, 2.75) is 56.1 Å². The molecular formula is C16H24O2. The third-order valence-corrected chi connectivity index (χ3v) is 5.03. The lowest BCUT2D eigenvalue weighted by atomic mass is 9.52. The van der Waals surface area contributed by atoms with Crippen molar-refractivity contribution in [3.8, 4) is 0 Å². The Morgan fingerprint density at radius 2 is 1.39 bits per heavy atom. The summed E-state index contributed by atoms with van der Waals surface area (Å²) in [4.78, 5) is 0. The SMILES string of the molecule is C=CC[C@]1(O)CCC[C@@](O)(CC=C)C12CC=CC2. The molecule has 0 unspecified atom stereocenters. The van der Waals surface area contributed by atoms with E-state index in [-0.39, 0.29) is 0 Å². The van der Waals surface area contributed by atoms with E-state index in [2.05, 4.69) is 25.3 Å². The molecule has 2 atom stereocenters. The maximum absolute atomic E-state index is 11.1. The van der Waals surface area contributed by atoms with Crippen LogP contribution in [0.2, 0.25) is 0 Å². The largest absolute Gasteiger partial charge is 0.389 e. The Balaban J connectivity index is 2.43. The predicted molar refractivity (Wildman–Crippen MR) is 74.2 cm³/mol. The summed E-state index contributed by atoms with van der Waals surface area (Å²) in [6.45, 7) is 7.53. The molecular weight excluding hydrogens is 224 g/mol. The van der Waals surface area contributed by atoms with Crippen LogP contribution < -0.4 is 0 Å². The van der Waals surface area contributed by atoms with Gasteiger partial charge in [-0.3, -0.25) is 0 Å². The molecule has 0 aromatic heterocycles. The molecule has 2 N–H and O–H groups in total. The lowest BCUT2D eigenvalue weighted by Gasteiger charge is -2.58. The first kappa shape index (κ1) is 13.6. The van der Waals surface area contributed by atoms with Gasteiger partial charge in [0.05, 0.1) is 11.2 Å². The van der Waals surface area contributed by atoms with Gasteiger partial charge in [-0.2, -0.15) is 0 Å². The highest BCUT2D eigenvalue weighted by Gasteiger charge is 2.62. The van der Waals surface area contributed by atoms with Crippen LogP contribution in [0.25, 0.3) is 0 Å². The molecule has 2 nitrogen and oxygen atoms in total. The van der Waals surface area contributed by atoms with Crippen molar-refractivity contribution in [1.82, 2.24) is 0 Å². The first-order chi connectivity index (χ1) is 8.54. The predicted octanol–water partition coefficient (Wildman–Crippen LogP) is 3.12. The number of aliphatic hydroxyl groups is 2. The van der Waals surface area contributed by atoms with Crippen LogP contribution in [0.3, 0.4) is 0 Å². The summed E-state index contributed by atoms with van der Waals surface area (Å²) < 4.78 is 0. The summed E-state index contributed by atoms with van der Waals surface area (Å²) in [5.41, 5.74) is -2.14. The molecule has 18 heavy (non-hydrogen) atoms. The van der Waals surface area contributed by atoms with Gasteiger partial charge in [-0.15, -0.1) is 13.2 Å². The van der Waals surface area contributed by atoms with E-state index in [1.165, 1.54) is 0 Å². The zero-order valence-corrected chi connectivity index (χ0v) is 11.1. The Morgan fingerprint density at radius 3 is 1.78 bits per heavy atom. The van der Waals surface area contributed by atoms with Crippen molar-refractivity contribution in [1.29, 1.82) is 0 Å². The third kappa shape index (κ3) is 1.70. The van der Waals surface area contributed by atoms with E-state index in [9.17, 15) is 10.2 Å². The molecule has 1 spiro atoms. The molecule has 1 fully saturated rings. The average Bonchev–Trinajstić information content (AvgIpc) is 2.79. The fourth-order valence-electron chi connectivity index (χ4n) is 4.07. The summed E-state index contributed by atoms with van der Waals surface area (Å²) in [6, 6.07) is 0. The number of hydrogen-bond donors (Lipinski definition) is 2. The molecule has 0 aromatic carbocycles. The molecule has 0 radical (unpaired) electrons. The first-order valence-electron chi connectivity index (χ1n) is 6.85. The monoisotopic (exact) mass is 248 g/mol. The van der Waals surface area contributed by atoms with E-state index < -0.39 is 16.6 Å². The molecule has 1 saturated carbocycles. The number of rotatable bonds is 4. The Bertz CT molecular complexity index is 337. The standard InChI is InChI=1S/C16H24O2/c1-3-8-15(17)12-7-13-16(18,9-4-2)14(15)10-5-6-11-14/h3-6,17-18H,1-2,7-13H2/t15-,16-/m0/s1. The molecule has 0 amide bonds. The van der Waals surface area contributed by atoms with Crippen LogP contribution in [0.5, 0.6) is 0 Å². The minimum absolute atomic E-state index is 0.458. The van der Waals surface area contributed by atoms with Crippen molar-refractivity contribution in [3.63, 3.8) is 0 Å². The zero-order valence-electron chi connectivity index (χ0n) is 11.1. The Labute approximate surface area is 110 Å². The number of hydrogen-bond acceptors (Lipinski definition) is 2. The fraction of sp³-hybridized carbons (Fsp3) is 0.625. The van der Waals surface area contributed by atoms with Gasteiger partial charge in [-0.25, -0.2) is 0 Å². The van der Waals surface area contributed by atoms with E-state index >= 15 is 0 Å². The van der Waals surface area contributed by atoms with Crippen molar-refractivity contribution in [2.75, 3.05) is 0 Å². The van der Waals surface area contributed by atoms with Gasteiger partial charge in [0.15, 0.2) is 0 Å². The molecule has 2 heteroatoms. The van der Waals surface area contributed by atoms with Crippen LogP contribution in [-0.2, 0) is 0 Å². The van der Waals surface area contributed by atoms with Crippen LogP contribution >= 0.6 is 0 Å². The van der Waals surface area contributed by atoms with Crippen molar-refractivity contribution >= 4 is 0 Å². The van der Waals surface area contributed by atoms with Gasteiger partial charge in [0.25, 0.3) is 0 Å². The molecule has 0 aliphatic heterocycles. The Hall–Kier alpha value is -0.860. The normalized spacial score (nSPS) is 37.9. The highest BCUT2D eigenvalue weighted by atomic mass is 16.3. The molecule has 2 aliphatic rings. The van der Waals surface area contributed by atoms with Gasteiger partial charge < -0.3 is 10.2 Å². The molecule has 2 rings (SSSR count). The summed E-state index contributed by atoms with van der Waals surface area (Å²) in [7, 11) is 0. The van der Waals surface area contributed by atoms with Gasteiger partial charge in [0, 0.05) is 5.41 Å². The van der Waals surface area contributed by atoms with E-state index in [1.54, 1.807) is 12.2 Å². The lowest BCUT2D eigenvalue weighted by molar-refractivity contribution is -0.218. The van der Waals surface area contributed by atoms with E-state index in [4.69, 9.17) is 0 Å². The van der Waals surface area contributed by atoms with Crippen LogP contribution in [0.1, 0.15) is 44.9 Å². The van der Waals surface area contributed by atoms with Crippen LogP contribution in [0.15, 0.2) is 37.5 Å². The van der Waals surface area contributed by atoms with E-state index in [0.29, 0.717) is 12.8 Å². The topological polar surface area (TPSA) is 40.5 Å². The second-order valence-electron chi connectivity index (χ2n) is 5.86. The maximum Gasteiger partial charge on any atom is 0.0771 e. The lowest BCUT2D eigenvalue weighted by Crippen LogP contribution is -2.63. The van der Waals surface area contributed by atoms with Gasteiger partial charge in [0.1, 0.15) is 0 Å². The minimum Gasteiger partial charge on any atom is -0.389 e. The summed E-state index contributed by atoms with van der Waals surface area (Å²) in [5.74, 6) is 0. The highest BCUT2D eigenvalue weighted by Crippen LogP contribution is 2.59. The molecule has 0 saturated heterocycles. The molecule has 0 bridgehead atoms. The molecule has 2 aliphatic carbocycles. The maximum atomic E-state index is 11.1. The Morgan fingerprint density at radius 1 is 0.944 bits per heavy atom. The highest BCUT2D eigenvalue weighted by molar-refractivity contribution is 5.22. The second-order valence-corrected chi connectivity index (χ2v) is 5.86. The van der Waals surface area contributed by atoms with Crippen LogP contribution in [0, 0.1) is 5.41 Å². The van der Waals surface area contributed by atoms with E-state index in [1.807, 2.05) is 0 Å².